The Labute approximate surface area is 109 Å². The van der Waals surface area contributed by atoms with Gasteiger partial charge in [0.25, 0.3) is 0 Å². The maximum Gasteiger partial charge on any atom is 0.0991 e. The zero-order valence-electron chi connectivity index (χ0n) is 9.11. The number of nitrogens with one attached hydrogen (secondary N) is 1. The Bertz CT molecular complexity index is 542. The van der Waals surface area contributed by atoms with Crippen molar-refractivity contribution in [2.75, 3.05) is 0 Å². The third-order valence-electron chi connectivity index (χ3n) is 2.31. The summed E-state index contributed by atoms with van der Waals surface area (Å²) < 4.78 is 0. The van der Waals surface area contributed by atoms with Gasteiger partial charge in [-0.15, -0.1) is 11.3 Å². The van der Waals surface area contributed by atoms with Crippen molar-refractivity contribution < 1.29 is 0 Å². The molecule has 1 aromatic carbocycles. The molecule has 0 spiro atoms. The zero-order valence-corrected chi connectivity index (χ0v) is 10.7. The van der Waals surface area contributed by atoms with Crippen LogP contribution in [0.15, 0.2) is 35.7 Å². The summed E-state index contributed by atoms with van der Waals surface area (Å²) in [6.07, 6.45) is 0. The molecule has 0 saturated heterocycles. The summed E-state index contributed by atoms with van der Waals surface area (Å²) >= 11 is 7.49. The van der Waals surface area contributed by atoms with E-state index >= 15 is 0 Å². The summed E-state index contributed by atoms with van der Waals surface area (Å²) in [5, 5.41) is 14.8. The fraction of sp³-hybridized carbons (Fsp3) is 0.154. The summed E-state index contributed by atoms with van der Waals surface area (Å²) in [6, 6.07) is 11.7. The number of thiophene rings is 1. The molecule has 0 aliphatic rings. The van der Waals surface area contributed by atoms with Gasteiger partial charge in [-0.25, -0.2) is 0 Å². The summed E-state index contributed by atoms with van der Waals surface area (Å²) in [4.78, 5) is 1.21. The minimum absolute atomic E-state index is 0.698. The van der Waals surface area contributed by atoms with E-state index in [4.69, 9.17) is 16.9 Å². The molecule has 1 heterocycles. The molecule has 1 N–H and O–H groups in total. The summed E-state index contributed by atoms with van der Waals surface area (Å²) in [5.74, 6) is 0. The zero-order chi connectivity index (χ0) is 12.1. The monoisotopic (exact) mass is 262 g/mol. The van der Waals surface area contributed by atoms with Crippen molar-refractivity contribution in [2.45, 2.75) is 13.1 Å². The highest BCUT2D eigenvalue weighted by Gasteiger charge is 1.98. The largest absolute Gasteiger partial charge is 0.308 e. The van der Waals surface area contributed by atoms with Crippen molar-refractivity contribution in [3.05, 3.63) is 56.7 Å². The first kappa shape index (κ1) is 12.1. The molecule has 0 aliphatic heterocycles. The lowest BCUT2D eigenvalue weighted by molar-refractivity contribution is 0.701. The predicted molar refractivity (Wildman–Crippen MR) is 71.0 cm³/mol. The SMILES string of the molecule is N#Cc1cccc(CNCc2cc(Cl)cs2)c1. The molecule has 4 heteroatoms. The third kappa shape index (κ3) is 3.57. The van der Waals surface area contributed by atoms with Crippen LogP contribution in [0.4, 0.5) is 0 Å². The van der Waals surface area contributed by atoms with E-state index in [0.717, 1.165) is 23.7 Å². The van der Waals surface area contributed by atoms with E-state index in [-0.39, 0.29) is 0 Å². The molecule has 2 rings (SSSR count). The highest BCUT2D eigenvalue weighted by Crippen LogP contribution is 2.18. The Balaban J connectivity index is 1.88. The molecule has 0 fully saturated rings. The molecule has 0 saturated carbocycles. The van der Waals surface area contributed by atoms with Crippen LogP contribution in [0.1, 0.15) is 16.0 Å². The van der Waals surface area contributed by atoms with Crippen LogP contribution in [0, 0.1) is 11.3 Å². The highest BCUT2D eigenvalue weighted by molar-refractivity contribution is 7.10. The average molecular weight is 263 g/mol. The van der Waals surface area contributed by atoms with Crippen LogP contribution in [0.3, 0.4) is 0 Å². The van der Waals surface area contributed by atoms with E-state index in [9.17, 15) is 0 Å². The summed E-state index contributed by atoms with van der Waals surface area (Å²) in [7, 11) is 0. The standard InChI is InChI=1S/C13H11ClN2S/c14-12-5-13(17-9-12)8-16-7-11-3-1-2-10(4-11)6-15/h1-5,9,16H,7-8H2. The molecular formula is C13H11ClN2S. The second kappa shape index (κ2) is 5.83. The molecule has 0 atom stereocenters. The average Bonchev–Trinajstić information content (AvgIpc) is 2.75. The van der Waals surface area contributed by atoms with Crippen molar-refractivity contribution in [2.24, 2.45) is 0 Å². The van der Waals surface area contributed by atoms with Crippen LogP contribution in [-0.2, 0) is 13.1 Å². The number of hydrogen-bond acceptors (Lipinski definition) is 3. The van der Waals surface area contributed by atoms with E-state index in [1.807, 2.05) is 35.7 Å². The Morgan fingerprint density at radius 1 is 1.29 bits per heavy atom. The van der Waals surface area contributed by atoms with Crippen LogP contribution < -0.4 is 5.32 Å². The molecule has 0 aliphatic carbocycles. The molecule has 17 heavy (non-hydrogen) atoms. The number of nitrogens with zero attached hydrogens (tertiary/aromatic N) is 1. The Morgan fingerprint density at radius 3 is 2.88 bits per heavy atom. The predicted octanol–water partition coefficient (Wildman–Crippen LogP) is 3.56. The van der Waals surface area contributed by atoms with Crippen molar-refractivity contribution >= 4 is 22.9 Å². The van der Waals surface area contributed by atoms with E-state index in [2.05, 4.69) is 11.4 Å². The lowest BCUT2D eigenvalue weighted by Gasteiger charge is -2.03. The molecule has 1 aromatic heterocycles. The topological polar surface area (TPSA) is 35.8 Å². The first-order valence-corrected chi connectivity index (χ1v) is 6.46. The number of hydrogen-bond donors (Lipinski definition) is 1. The number of benzene rings is 1. The van der Waals surface area contributed by atoms with Gasteiger partial charge in [-0.1, -0.05) is 23.7 Å². The Kier molecular flexibility index (Phi) is 4.16. The highest BCUT2D eigenvalue weighted by atomic mass is 35.5. The first-order valence-electron chi connectivity index (χ1n) is 5.20. The van der Waals surface area contributed by atoms with Crippen LogP contribution in [0.25, 0.3) is 0 Å². The summed E-state index contributed by atoms with van der Waals surface area (Å²) in [6.45, 7) is 1.55. The molecule has 0 radical (unpaired) electrons. The lowest BCUT2D eigenvalue weighted by atomic mass is 10.1. The van der Waals surface area contributed by atoms with Crippen molar-refractivity contribution in [3.63, 3.8) is 0 Å². The normalized spacial score (nSPS) is 10.1. The van der Waals surface area contributed by atoms with Crippen molar-refractivity contribution in [1.29, 1.82) is 5.26 Å². The molecule has 0 unspecified atom stereocenters. The smallest absolute Gasteiger partial charge is 0.0991 e. The van der Waals surface area contributed by atoms with Gasteiger partial charge in [0.1, 0.15) is 0 Å². The molecular weight excluding hydrogens is 252 g/mol. The quantitative estimate of drug-likeness (QED) is 0.915. The molecule has 0 amide bonds. The fourth-order valence-corrected chi connectivity index (χ4v) is 2.57. The Morgan fingerprint density at radius 2 is 2.18 bits per heavy atom. The van der Waals surface area contributed by atoms with E-state index in [1.54, 1.807) is 11.3 Å². The third-order valence-corrected chi connectivity index (χ3v) is 3.59. The van der Waals surface area contributed by atoms with Gasteiger partial charge in [-0.2, -0.15) is 5.26 Å². The Hall–Kier alpha value is -1.34. The van der Waals surface area contributed by atoms with Crippen LogP contribution in [-0.4, -0.2) is 0 Å². The molecule has 2 nitrogen and oxygen atoms in total. The van der Waals surface area contributed by atoms with Crippen molar-refractivity contribution in [3.8, 4) is 6.07 Å². The van der Waals surface area contributed by atoms with E-state index < -0.39 is 0 Å². The molecule has 86 valence electrons. The van der Waals surface area contributed by atoms with Crippen LogP contribution in [0.5, 0.6) is 0 Å². The van der Waals surface area contributed by atoms with Gasteiger partial charge in [-0.05, 0) is 23.8 Å². The second-order valence-electron chi connectivity index (χ2n) is 3.65. The molecule has 0 bridgehead atoms. The fourth-order valence-electron chi connectivity index (χ4n) is 1.53. The minimum atomic E-state index is 0.698. The van der Waals surface area contributed by atoms with Gasteiger partial charge in [0.15, 0.2) is 0 Å². The van der Waals surface area contributed by atoms with Gasteiger partial charge >= 0.3 is 0 Å². The van der Waals surface area contributed by atoms with E-state index in [0.29, 0.717) is 5.56 Å². The van der Waals surface area contributed by atoms with Crippen LogP contribution >= 0.6 is 22.9 Å². The van der Waals surface area contributed by atoms with E-state index in [1.165, 1.54) is 4.88 Å². The van der Waals surface area contributed by atoms with Gasteiger partial charge in [-0.3, -0.25) is 0 Å². The molecule has 2 aromatic rings. The van der Waals surface area contributed by atoms with Gasteiger partial charge in [0.05, 0.1) is 16.7 Å². The second-order valence-corrected chi connectivity index (χ2v) is 5.08. The van der Waals surface area contributed by atoms with Gasteiger partial charge in [0, 0.05) is 23.3 Å². The van der Waals surface area contributed by atoms with Gasteiger partial charge in [0.2, 0.25) is 0 Å². The maximum absolute atomic E-state index is 8.78. The minimum Gasteiger partial charge on any atom is -0.308 e. The maximum atomic E-state index is 8.78. The lowest BCUT2D eigenvalue weighted by Crippen LogP contribution is -2.11. The van der Waals surface area contributed by atoms with Gasteiger partial charge < -0.3 is 5.32 Å². The summed E-state index contributed by atoms with van der Waals surface area (Å²) in [5.41, 5.74) is 1.81. The number of halogens is 1. The van der Waals surface area contributed by atoms with Crippen molar-refractivity contribution in [1.82, 2.24) is 5.32 Å². The number of rotatable bonds is 4. The number of nitriles is 1. The first-order chi connectivity index (χ1) is 8.28. The van der Waals surface area contributed by atoms with Crippen LogP contribution in [0.2, 0.25) is 5.02 Å².